The average molecular weight is 327 g/mol. The van der Waals surface area contributed by atoms with Gasteiger partial charge in [-0.15, -0.1) is 21.5 Å². The molecule has 0 aliphatic carbocycles. The monoisotopic (exact) mass is 327 g/mol. The maximum atomic E-state index is 5.75. The molecule has 5 nitrogen and oxygen atoms in total. The predicted octanol–water partition coefficient (Wildman–Crippen LogP) is 2.87. The smallest absolute Gasteiger partial charge is 0.212 e. The van der Waals surface area contributed by atoms with Gasteiger partial charge in [0.05, 0.1) is 5.71 Å². The van der Waals surface area contributed by atoms with Crippen molar-refractivity contribution in [3.8, 4) is 0 Å². The van der Waals surface area contributed by atoms with E-state index in [0.29, 0.717) is 0 Å². The van der Waals surface area contributed by atoms with Crippen LogP contribution in [0.4, 0.5) is 5.69 Å². The van der Waals surface area contributed by atoms with Crippen molar-refractivity contribution in [2.75, 3.05) is 11.5 Å². The largest absolute Gasteiger partial charge is 0.399 e. The van der Waals surface area contributed by atoms with Crippen molar-refractivity contribution in [2.45, 2.75) is 11.6 Å². The normalized spacial score (nSPS) is 13.7. The van der Waals surface area contributed by atoms with Gasteiger partial charge in [-0.1, -0.05) is 30.0 Å². The van der Waals surface area contributed by atoms with E-state index in [2.05, 4.69) is 21.6 Å². The lowest BCUT2D eigenvalue weighted by Crippen LogP contribution is -2.14. The number of nitrogens with zero attached hydrogens (tertiary/aromatic N) is 4. The van der Waals surface area contributed by atoms with E-state index in [1.165, 1.54) is 4.88 Å². The number of anilines is 1. The molecule has 0 amide bonds. The second-order valence-electron chi connectivity index (χ2n) is 4.92. The van der Waals surface area contributed by atoms with Crippen LogP contribution in [0, 0.1) is 0 Å². The lowest BCUT2D eigenvalue weighted by atomic mass is 10.1. The fourth-order valence-electron chi connectivity index (χ4n) is 2.26. The molecule has 3 heterocycles. The van der Waals surface area contributed by atoms with Crippen molar-refractivity contribution in [1.29, 1.82) is 0 Å². The first-order valence-corrected chi connectivity index (χ1v) is 8.69. The first-order chi connectivity index (χ1) is 10.8. The summed E-state index contributed by atoms with van der Waals surface area (Å²) in [4.78, 5) is 1.26. The number of fused-ring (bicyclic) bond motifs is 1. The van der Waals surface area contributed by atoms with Gasteiger partial charge in [-0.25, -0.2) is 0 Å². The van der Waals surface area contributed by atoms with Crippen molar-refractivity contribution in [2.24, 2.45) is 5.10 Å². The zero-order valence-corrected chi connectivity index (χ0v) is 13.3. The van der Waals surface area contributed by atoms with Gasteiger partial charge in [0.2, 0.25) is 5.16 Å². The molecule has 1 aromatic carbocycles. The van der Waals surface area contributed by atoms with Crippen LogP contribution in [0.2, 0.25) is 0 Å². The van der Waals surface area contributed by atoms with Crippen LogP contribution in [0.5, 0.6) is 0 Å². The van der Waals surface area contributed by atoms with E-state index in [4.69, 9.17) is 10.8 Å². The highest BCUT2D eigenvalue weighted by Crippen LogP contribution is 2.25. The summed E-state index contributed by atoms with van der Waals surface area (Å²) < 4.78 is 1.86. The number of aromatic nitrogens is 3. The summed E-state index contributed by atoms with van der Waals surface area (Å²) in [5.41, 5.74) is 8.61. The van der Waals surface area contributed by atoms with E-state index < -0.39 is 0 Å². The first kappa shape index (κ1) is 13.5. The van der Waals surface area contributed by atoms with Gasteiger partial charge in [-0.2, -0.15) is 9.78 Å². The molecule has 4 rings (SSSR count). The Kier molecular flexibility index (Phi) is 3.44. The Morgan fingerprint density at radius 3 is 2.77 bits per heavy atom. The van der Waals surface area contributed by atoms with Crippen LogP contribution >= 0.6 is 23.1 Å². The quantitative estimate of drug-likeness (QED) is 0.751. The van der Waals surface area contributed by atoms with Gasteiger partial charge in [0, 0.05) is 22.7 Å². The zero-order chi connectivity index (χ0) is 14.9. The van der Waals surface area contributed by atoms with Crippen LogP contribution in [-0.2, 0) is 6.42 Å². The lowest BCUT2D eigenvalue weighted by Gasteiger charge is -2.13. The number of thiophene rings is 1. The standard InChI is InChI=1S/C15H13N5S2/c16-11-5-3-10(4-6-11)13-9-22-15-18-17-14(20(15)19-13)8-12-2-1-7-21-12/h1-7H,8-9,16H2. The summed E-state index contributed by atoms with van der Waals surface area (Å²) in [5, 5.41) is 16.2. The average Bonchev–Trinajstić information content (AvgIpc) is 3.18. The van der Waals surface area contributed by atoms with E-state index in [-0.39, 0.29) is 0 Å². The molecule has 0 radical (unpaired) electrons. The molecule has 0 spiro atoms. The molecular weight excluding hydrogens is 314 g/mol. The molecule has 0 saturated heterocycles. The minimum absolute atomic E-state index is 0.754. The summed E-state index contributed by atoms with van der Waals surface area (Å²) in [6, 6.07) is 12.0. The van der Waals surface area contributed by atoms with E-state index in [1.807, 2.05) is 35.0 Å². The molecule has 3 aromatic rings. The molecule has 2 N–H and O–H groups in total. The van der Waals surface area contributed by atoms with Crippen LogP contribution in [0.3, 0.4) is 0 Å². The highest BCUT2D eigenvalue weighted by molar-refractivity contribution is 7.99. The lowest BCUT2D eigenvalue weighted by molar-refractivity contribution is 0.722. The predicted molar refractivity (Wildman–Crippen MR) is 90.7 cm³/mol. The summed E-state index contributed by atoms with van der Waals surface area (Å²) in [7, 11) is 0. The fourth-order valence-corrected chi connectivity index (χ4v) is 3.82. The Morgan fingerprint density at radius 2 is 2.00 bits per heavy atom. The molecule has 0 atom stereocenters. The van der Waals surface area contributed by atoms with E-state index in [1.54, 1.807) is 23.1 Å². The molecule has 2 aromatic heterocycles. The van der Waals surface area contributed by atoms with Crippen molar-refractivity contribution in [1.82, 2.24) is 14.9 Å². The van der Waals surface area contributed by atoms with Crippen molar-refractivity contribution in [3.63, 3.8) is 0 Å². The number of nitrogen functional groups attached to an aromatic ring is 1. The van der Waals surface area contributed by atoms with Crippen LogP contribution in [-0.4, -0.2) is 26.3 Å². The van der Waals surface area contributed by atoms with Crippen LogP contribution in [0.25, 0.3) is 0 Å². The Balaban J connectivity index is 1.69. The Bertz CT molecular complexity index is 818. The SMILES string of the molecule is Nc1ccc(C2=Nn3c(Cc4cccs4)nnc3SC2)cc1. The molecular formula is C15H13N5S2. The van der Waals surface area contributed by atoms with Gasteiger partial charge in [0.15, 0.2) is 5.82 Å². The number of benzene rings is 1. The zero-order valence-electron chi connectivity index (χ0n) is 11.6. The van der Waals surface area contributed by atoms with E-state index >= 15 is 0 Å². The third-order valence-corrected chi connectivity index (χ3v) is 5.20. The summed E-state index contributed by atoms with van der Waals surface area (Å²) >= 11 is 3.38. The number of hydrogen-bond donors (Lipinski definition) is 1. The Labute approximate surface area is 135 Å². The fraction of sp³-hybridized carbons (Fsp3) is 0.133. The summed E-state index contributed by atoms with van der Waals surface area (Å²) in [6.07, 6.45) is 0.754. The van der Waals surface area contributed by atoms with Gasteiger partial charge < -0.3 is 5.73 Å². The minimum atomic E-state index is 0.754. The van der Waals surface area contributed by atoms with Gasteiger partial charge >= 0.3 is 0 Å². The van der Waals surface area contributed by atoms with Crippen LogP contribution in [0.1, 0.15) is 16.3 Å². The van der Waals surface area contributed by atoms with E-state index in [9.17, 15) is 0 Å². The molecule has 22 heavy (non-hydrogen) atoms. The first-order valence-electron chi connectivity index (χ1n) is 6.83. The molecule has 0 fully saturated rings. The van der Waals surface area contributed by atoms with Gasteiger partial charge in [0.1, 0.15) is 0 Å². The molecule has 0 unspecified atom stereocenters. The van der Waals surface area contributed by atoms with Gasteiger partial charge in [-0.3, -0.25) is 0 Å². The number of nitrogens with two attached hydrogens (primary N) is 1. The number of hydrogen-bond acceptors (Lipinski definition) is 6. The third-order valence-electron chi connectivity index (χ3n) is 3.39. The topological polar surface area (TPSA) is 69.1 Å². The highest BCUT2D eigenvalue weighted by Gasteiger charge is 2.20. The van der Waals surface area contributed by atoms with Crippen LogP contribution < -0.4 is 5.73 Å². The Hall–Kier alpha value is -2.12. The van der Waals surface area contributed by atoms with Crippen molar-refractivity contribution < 1.29 is 0 Å². The van der Waals surface area contributed by atoms with Crippen molar-refractivity contribution >= 4 is 34.5 Å². The number of thioether (sulfide) groups is 1. The maximum Gasteiger partial charge on any atom is 0.212 e. The molecule has 7 heteroatoms. The second kappa shape index (κ2) is 5.58. The maximum absolute atomic E-state index is 5.75. The highest BCUT2D eigenvalue weighted by atomic mass is 32.2. The summed E-state index contributed by atoms with van der Waals surface area (Å²) in [5.74, 6) is 1.67. The number of rotatable bonds is 3. The van der Waals surface area contributed by atoms with E-state index in [0.717, 1.165) is 40.1 Å². The molecule has 0 bridgehead atoms. The molecule has 110 valence electrons. The van der Waals surface area contributed by atoms with Crippen molar-refractivity contribution in [3.05, 3.63) is 58.0 Å². The van der Waals surface area contributed by atoms with Gasteiger partial charge in [0.25, 0.3) is 0 Å². The van der Waals surface area contributed by atoms with Gasteiger partial charge in [-0.05, 0) is 29.1 Å². The van der Waals surface area contributed by atoms with Crippen LogP contribution in [0.15, 0.2) is 52.0 Å². The third kappa shape index (κ3) is 2.53. The second-order valence-corrected chi connectivity index (χ2v) is 6.90. The molecule has 1 aliphatic rings. The molecule has 1 aliphatic heterocycles. The summed E-state index contributed by atoms with van der Waals surface area (Å²) in [6.45, 7) is 0. The minimum Gasteiger partial charge on any atom is -0.399 e. The molecule has 0 saturated carbocycles. The Morgan fingerprint density at radius 1 is 1.14 bits per heavy atom.